The van der Waals surface area contributed by atoms with Gasteiger partial charge in [-0.05, 0) is 47.7 Å². The molecule has 0 unspecified atom stereocenters. The molecule has 5 heterocycles. The highest BCUT2D eigenvalue weighted by Crippen LogP contribution is 2.34. The molecule has 22 heteroatoms. The topological polar surface area (TPSA) is 236 Å². The molecular weight excluding hydrogens is 1020 g/mol. The summed E-state index contributed by atoms with van der Waals surface area (Å²) in [5, 5.41) is 23.8. The van der Waals surface area contributed by atoms with Crippen LogP contribution in [0.1, 0.15) is 51.3 Å². The van der Waals surface area contributed by atoms with E-state index in [0.717, 1.165) is 32.9 Å². The number of hydrogen-bond acceptors (Lipinski definition) is 16. The Labute approximate surface area is 457 Å². The normalized spacial score (nSPS) is 16.2. The molecule has 4 amide bonds. The van der Waals surface area contributed by atoms with Crippen molar-refractivity contribution < 1.29 is 52.4 Å². The number of anilines is 1. The second-order valence-corrected chi connectivity index (χ2v) is 21.0. The molecule has 3 aromatic heterocycles. The number of aliphatic hydroxyl groups is 1. The molecule has 8 rings (SSSR count). The molecule has 3 atom stereocenters. The molecule has 2 saturated heterocycles. The fourth-order valence-electron chi connectivity index (χ4n) is 9.33. The molecule has 78 heavy (non-hydrogen) atoms. The molecule has 20 nitrogen and oxygen atoms in total. The third kappa shape index (κ3) is 14.8. The molecule has 6 aromatic rings. The Bertz CT molecular complexity index is 2960. The largest absolute Gasteiger partial charge is 0.496 e. The Kier molecular flexibility index (Phi) is 19.9. The Hall–Kier alpha value is -6.95. The first kappa shape index (κ1) is 57.2. The number of piperazine rings is 1. The van der Waals surface area contributed by atoms with Crippen molar-refractivity contribution in [3.8, 4) is 38.8 Å². The quantitative estimate of drug-likeness (QED) is 0.0513. The maximum atomic E-state index is 14.8. The van der Waals surface area contributed by atoms with Crippen LogP contribution >= 0.6 is 11.3 Å². The summed E-state index contributed by atoms with van der Waals surface area (Å²) in [6.07, 6.45) is 1.10. The number of benzene rings is 3. The minimum absolute atomic E-state index is 0.0135. The van der Waals surface area contributed by atoms with Gasteiger partial charge in [0.05, 0.1) is 100 Å². The van der Waals surface area contributed by atoms with E-state index in [4.69, 9.17) is 23.7 Å². The first-order chi connectivity index (χ1) is 37.7. The van der Waals surface area contributed by atoms with Crippen molar-refractivity contribution in [3.05, 3.63) is 95.5 Å². The molecular formula is C56H69FN10O10S. The minimum Gasteiger partial charge on any atom is -0.496 e. The Morgan fingerprint density at radius 1 is 0.846 bits per heavy atom. The number of fused-ring (bicyclic) bond motifs is 1. The highest BCUT2D eigenvalue weighted by molar-refractivity contribution is 7.13. The third-order valence-corrected chi connectivity index (χ3v) is 14.6. The fraction of sp³-hybridized carbons (Fsp3) is 0.464. The predicted octanol–water partition coefficient (Wildman–Crippen LogP) is 5.57. The summed E-state index contributed by atoms with van der Waals surface area (Å²) >= 11 is 1.57. The number of nitrogens with one attached hydrogen (secondary N) is 3. The molecule has 416 valence electrons. The van der Waals surface area contributed by atoms with Gasteiger partial charge in [-0.1, -0.05) is 63.2 Å². The van der Waals surface area contributed by atoms with E-state index in [9.17, 15) is 28.7 Å². The van der Waals surface area contributed by atoms with E-state index in [1.807, 2.05) is 86.6 Å². The average molecular weight is 1090 g/mol. The Balaban J connectivity index is 0.647. The van der Waals surface area contributed by atoms with Crippen LogP contribution in [0.4, 0.5) is 10.1 Å². The van der Waals surface area contributed by atoms with Gasteiger partial charge in [0.15, 0.2) is 5.82 Å². The van der Waals surface area contributed by atoms with E-state index in [-0.39, 0.29) is 74.7 Å². The van der Waals surface area contributed by atoms with Crippen LogP contribution in [0.2, 0.25) is 0 Å². The minimum atomic E-state index is -0.941. The highest BCUT2D eigenvalue weighted by atomic mass is 32.1. The van der Waals surface area contributed by atoms with Crippen molar-refractivity contribution in [1.82, 2.24) is 45.6 Å². The number of aliphatic hydroxyl groups excluding tert-OH is 1. The number of aromatic amines is 1. The average Bonchev–Trinajstić information content (AvgIpc) is 4.20. The molecule has 0 saturated carbocycles. The summed E-state index contributed by atoms with van der Waals surface area (Å²) in [6, 6.07) is 18.6. The second kappa shape index (κ2) is 27.1. The van der Waals surface area contributed by atoms with Crippen molar-refractivity contribution in [3.63, 3.8) is 0 Å². The molecule has 2 fully saturated rings. The van der Waals surface area contributed by atoms with Crippen LogP contribution in [0.5, 0.6) is 5.75 Å². The first-order valence-electron chi connectivity index (χ1n) is 26.2. The molecule has 3 aromatic carbocycles. The van der Waals surface area contributed by atoms with Gasteiger partial charge in [0.1, 0.15) is 40.4 Å². The lowest BCUT2D eigenvalue weighted by Gasteiger charge is -2.36. The van der Waals surface area contributed by atoms with Crippen molar-refractivity contribution >= 4 is 51.7 Å². The van der Waals surface area contributed by atoms with Gasteiger partial charge >= 0.3 is 0 Å². The number of carbonyl (C=O) groups is 4. The van der Waals surface area contributed by atoms with Crippen molar-refractivity contribution in [2.45, 2.75) is 71.7 Å². The van der Waals surface area contributed by atoms with Crippen LogP contribution in [0.15, 0.2) is 78.4 Å². The zero-order valence-corrected chi connectivity index (χ0v) is 45.6. The number of carbonyl (C=O) groups excluding carboxylic acids is 4. The summed E-state index contributed by atoms with van der Waals surface area (Å²) in [5.41, 5.74) is 7.87. The van der Waals surface area contributed by atoms with Crippen LogP contribution < -0.4 is 20.3 Å². The Morgan fingerprint density at radius 2 is 1.50 bits per heavy atom. The highest BCUT2D eigenvalue weighted by Gasteiger charge is 2.44. The molecule has 0 aliphatic carbocycles. The molecule has 4 N–H and O–H groups in total. The van der Waals surface area contributed by atoms with Gasteiger partial charge in [-0.15, -0.1) is 11.3 Å². The van der Waals surface area contributed by atoms with E-state index in [1.165, 1.54) is 18.1 Å². The molecule has 0 bridgehead atoms. The lowest BCUT2D eigenvalue weighted by molar-refractivity contribution is -0.144. The molecule has 2 aliphatic heterocycles. The van der Waals surface area contributed by atoms with E-state index in [0.29, 0.717) is 88.3 Å². The number of aromatic nitrogens is 5. The van der Waals surface area contributed by atoms with E-state index >= 15 is 0 Å². The van der Waals surface area contributed by atoms with Crippen LogP contribution in [-0.4, -0.2) is 175 Å². The van der Waals surface area contributed by atoms with Gasteiger partial charge in [0, 0.05) is 63.4 Å². The SMILES string of the molecule is COc1cccc(F)c1-c1ncc2[nH]nc(-c3ccc(N4CCN(C(=O)CCOCCOCCOCCOCCC(=O)N[C@H](C(=O)N5C[C@H](O)C[C@H]5C(=O)NCc5ccc(-c6scnc6C)cc5)C(C)(C)C)CC4)cc3)c2n1. The summed E-state index contributed by atoms with van der Waals surface area (Å²) < 4.78 is 42.7. The van der Waals surface area contributed by atoms with E-state index in [1.54, 1.807) is 29.7 Å². The number of rotatable bonds is 25. The number of likely N-dealkylation sites (tertiary alicyclic amines) is 1. The van der Waals surface area contributed by atoms with Crippen LogP contribution in [0.25, 0.3) is 44.1 Å². The maximum absolute atomic E-state index is 14.8. The number of hydrogen-bond donors (Lipinski definition) is 4. The predicted molar refractivity (Wildman–Crippen MR) is 292 cm³/mol. The van der Waals surface area contributed by atoms with E-state index < -0.39 is 35.3 Å². The monoisotopic (exact) mass is 1090 g/mol. The Morgan fingerprint density at radius 3 is 2.14 bits per heavy atom. The lowest BCUT2D eigenvalue weighted by atomic mass is 9.85. The second-order valence-electron chi connectivity index (χ2n) is 20.2. The number of methoxy groups -OCH3 is 1. The number of halogens is 1. The molecule has 0 radical (unpaired) electrons. The van der Waals surface area contributed by atoms with Gasteiger partial charge < -0.3 is 54.1 Å². The van der Waals surface area contributed by atoms with Gasteiger partial charge in [0.25, 0.3) is 0 Å². The number of ether oxygens (including phenoxy) is 5. The summed E-state index contributed by atoms with van der Waals surface area (Å²) in [4.78, 5) is 73.3. The number of thiazole rings is 1. The first-order valence-corrected chi connectivity index (χ1v) is 27.1. The van der Waals surface area contributed by atoms with Crippen molar-refractivity contribution in [1.29, 1.82) is 0 Å². The van der Waals surface area contributed by atoms with Gasteiger partial charge in [-0.2, -0.15) is 5.10 Å². The number of nitrogens with zero attached hydrogens (tertiary/aromatic N) is 7. The molecule has 2 aliphatic rings. The number of β-amino-alcohol motifs (C(OH)–C–C–N with tert-alkyl or cyclic N) is 1. The third-order valence-electron chi connectivity index (χ3n) is 13.6. The standard InChI is InChI=1S/C56H69FN10O10S/c1-36-51(78-35-60-36)39-11-9-37(10-12-39)32-59-54(71)44-31-41(68)34-67(44)55(72)52(56(2,3)4)61-46(69)17-23-74-25-27-76-29-30-77-28-26-75-24-18-47(70)66-21-19-65(20-22-66)40-15-13-38(14-16-40)49-50-43(63-64-49)33-58-53(62-50)48-42(57)7-6-8-45(48)73-5/h6-16,33,35,41,44,52,68H,17-32,34H2,1-5H3,(H,59,71)(H,61,69)(H,63,64)/t41-,44+,52-/m1/s1. The summed E-state index contributed by atoms with van der Waals surface area (Å²) in [6.45, 7) is 12.6. The summed E-state index contributed by atoms with van der Waals surface area (Å²) in [5.74, 6) is -1.08. The van der Waals surface area contributed by atoms with Crippen molar-refractivity contribution in [2.75, 3.05) is 97.6 Å². The lowest BCUT2D eigenvalue weighted by Crippen LogP contribution is -2.57. The van der Waals surface area contributed by atoms with Crippen LogP contribution in [0.3, 0.4) is 0 Å². The van der Waals surface area contributed by atoms with Gasteiger partial charge in [0.2, 0.25) is 23.6 Å². The number of amides is 4. The number of aryl methyl sites for hydroxylation is 1. The summed E-state index contributed by atoms with van der Waals surface area (Å²) in [7, 11) is 1.48. The number of H-pyrrole nitrogens is 1. The van der Waals surface area contributed by atoms with Crippen LogP contribution in [-0.2, 0) is 44.7 Å². The van der Waals surface area contributed by atoms with Gasteiger partial charge in [-0.3, -0.25) is 24.3 Å². The van der Waals surface area contributed by atoms with Crippen LogP contribution in [0, 0.1) is 18.2 Å². The maximum Gasteiger partial charge on any atom is 0.246 e. The van der Waals surface area contributed by atoms with Gasteiger partial charge in [-0.25, -0.2) is 19.3 Å². The fourth-order valence-corrected chi connectivity index (χ4v) is 10.1. The van der Waals surface area contributed by atoms with Crippen molar-refractivity contribution in [2.24, 2.45) is 5.41 Å². The smallest absolute Gasteiger partial charge is 0.246 e. The zero-order chi connectivity index (χ0) is 55.2. The zero-order valence-electron chi connectivity index (χ0n) is 44.8. The molecule has 0 spiro atoms. The van der Waals surface area contributed by atoms with E-state index in [2.05, 4.69) is 40.7 Å².